The van der Waals surface area contributed by atoms with E-state index in [2.05, 4.69) is 10.2 Å². The highest BCUT2D eigenvalue weighted by atomic mass is 35.5. The van der Waals surface area contributed by atoms with E-state index in [0.29, 0.717) is 0 Å². The van der Waals surface area contributed by atoms with Gasteiger partial charge in [-0.1, -0.05) is 29.3 Å². The van der Waals surface area contributed by atoms with Crippen molar-refractivity contribution in [1.29, 1.82) is 0 Å². The SMILES string of the molecule is CCOP(=O)(OCC)C1(P(=O)(OCC)OCC)CC(C(=O)c2c(Cl)cccc2Cl)N=N1. The van der Waals surface area contributed by atoms with Crippen LogP contribution in [0.4, 0.5) is 0 Å². The summed E-state index contributed by atoms with van der Waals surface area (Å²) >= 11 is 12.3. The van der Waals surface area contributed by atoms with Gasteiger partial charge in [0.25, 0.3) is 5.02 Å². The van der Waals surface area contributed by atoms with E-state index >= 15 is 0 Å². The Kier molecular flexibility index (Phi) is 9.44. The molecule has 0 fully saturated rings. The lowest BCUT2D eigenvalue weighted by Crippen LogP contribution is -2.33. The van der Waals surface area contributed by atoms with Crippen LogP contribution in [-0.2, 0) is 27.2 Å². The highest BCUT2D eigenvalue weighted by Gasteiger charge is 2.70. The topological polar surface area (TPSA) is 113 Å². The van der Waals surface area contributed by atoms with Gasteiger partial charge in [0.2, 0.25) is 0 Å². The predicted octanol–water partition coefficient (Wildman–Crippen LogP) is 6.59. The third-order valence-electron chi connectivity index (χ3n) is 4.41. The zero-order chi connectivity index (χ0) is 23.3. The minimum Gasteiger partial charge on any atom is -0.307 e. The maximum Gasteiger partial charge on any atom is 0.372 e. The molecule has 0 radical (unpaired) electrons. The van der Waals surface area contributed by atoms with Crippen LogP contribution in [0.15, 0.2) is 28.4 Å². The van der Waals surface area contributed by atoms with Crippen LogP contribution in [0.3, 0.4) is 0 Å². The number of ketones is 1. The lowest BCUT2D eigenvalue weighted by molar-refractivity contribution is 0.0960. The molecule has 0 aliphatic carbocycles. The fraction of sp³-hybridized carbons (Fsp3) is 0.611. The second kappa shape index (κ2) is 11.0. The lowest BCUT2D eigenvalue weighted by atomic mass is 10.0. The Balaban J connectivity index is 2.61. The van der Waals surface area contributed by atoms with Crippen molar-refractivity contribution in [3.8, 4) is 0 Å². The van der Waals surface area contributed by atoms with Crippen molar-refractivity contribution in [3.05, 3.63) is 33.8 Å². The number of halogens is 2. The van der Waals surface area contributed by atoms with Crippen LogP contribution in [0.2, 0.25) is 10.0 Å². The van der Waals surface area contributed by atoms with Crippen molar-refractivity contribution >= 4 is 44.2 Å². The third-order valence-corrected chi connectivity index (χ3v) is 11.2. The molecule has 1 aliphatic heterocycles. The number of azo groups is 1. The van der Waals surface area contributed by atoms with Crippen LogP contribution in [0.25, 0.3) is 0 Å². The van der Waals surface area contributed by atoms with E-state index in [0.717, 1.165) is 0 Å². The second-order valence-corrected chi connectivity index (χ2v) is 12.0. The molecule has 0 amide bonds. The van der Waals surface area contributed by atoms with Crippen molar-refractivity contribution in [2.45, 2.75) is 45.2 Å². The minimum atomic E-state index is -4.26. The van der Waals surface area contributed by atoms with Crippen LogP contribution in [0.1, 0.15) is 44.5 Å². The number of nitrogens with zero attached hydrogens (tertiary/aromatic N) is 2. The predicted molar refractivity (Wildman–Crippen MR) is 119 cm³/mol. The molecule has 2 rings (SSSR count). The first-order valence-electron chi connectivity index (χ1n) is 9.83. The average Bonchev–Trinajstić information content (AvgIpc) is 3.16. The van der Waals surface area contributed by atoms with Gasteiger partial charge in [-0.05, 0) is 39.8 Å². The minimum absolute atomic E-state index is 0.0260. The summed E-state index contributed by atoms with van der Waals surface area (Å²) in [5.41, 5.74) is 0.0379. The van der Waals surface area contributed by atoms with E-state index in [-0.39, 0.29) is 48.5 Å². The van der Waals surface area contributed by atoms with Crippen LogP contribution < -0.4 is 0 Å². The summed E-state index contributed by atoms with van der Waals surface area (Å²) in [4.78, 5) is 13.2. The van der Waals surface area contributed by atoms with Crippen LogP contribution in [0.5, 0.6) is 0 Å². The smallest absolute Gasteiger partial charge is 0.307 e. The summed E-state index contributed by atoms with van der Waals surface area (Å²) in [6.45, 7) is 6.30. The number of carbonyl (C=O) groups is 1. The molecule has 1 atom stereocenters. The second-order valence-electron chi connectivity index (χ2n) is 6.34. The van der Waals surface area contributed by atoms with Gasteiger partial charge in [0.15, 0.2) is 5.78 Å². The van der Waals surface area contributed by atoms with Crippen molar-refractivity contribution in [1.82, 2.24) is 0 Å². The van der Waals surface area contributed by atoms with Gasteiger partial charge in [0, 0.05) is 6.42 Å². The summed E-state index contributed by atoms with van der Waals surface area (Å²) in [5.74, 6) is -0.569. The van der Waals surface area contributed by atoms with E-state index < -0.39 is 32.0 Å². The van der Waals surface area contributed by atoms with Gasteiger partial charge in [0.05, 0.1) is 42.0 Å². The molecule has 0 bridgehead atoms. The number of hydrogen-bond donors (Lipinski definition) is 0. The highest BCUT2D eigenvalue weighted by molar-refractivity contribution is 7.74. The molecular weight excluding hydrogens is 489 g/mol. The number of Topliss-reactive ketones (excluding diaryl/α,β-unsaturated/α-hetero) is 1. The molecule has 1 heterocycles. The monoisotopic (exact) mass is 514 g/mol. The number of hydrogen-bond acceptors (Lipinski definition) is 9. The molecule has 1 aromatic rings. The Morgan fingerprint density at radius 2 is 1.39 bits per heavy atom. The summed E-state index contributed by atoms with van der Waals surface area (Å²) in [6.07, 6.45) is -0.387. The van der Waals surface area contributed by atoms with Gasteiger partial charge in [-0.25, -0.2) is 0 Å². The quantitative estimate of drug-likeness (QED) is 0.228. The van der Waals surface area contributed by atoms with Gasteiger partial charge in [-0.15, -0.1) is 0 Å². The van der Waals surface area contributed by atoms with Crippen LogP contribution >= 0.6 is 38.4 Å². The Morgan fingerprint density at radius 3 is 1.77 bits per heavy atom. The third kappa shape index (κ3) is 4.99. The molecule has 31 heavy (non-hydrogen) atoms. The fourth-order valence-electron chi connectivity index (χ4n) is 3.20. The highest BCUT2D eigenvalue weighted by Crippen LogP contribution is 2.81. The zero-order valence-corrected chi connectivity index (χ0v) is 21.0. The summed E-state index contributed by atoms with van der Waals surface area (Å²) in [5, 5.41) is 6.17. The molecule has 174 valence electrons. The van der Waals surface area contributed by atoms with Crippen molar-refractivity contribution in [2.24, 2.45) is 10.2 Å². The molecule has 13 heteroatoms. The van der Waals surface area contributed by atoms with Gasteiger partial charge in [0.1, 0.15) is 6.04 Å². The van der Waals surface area contributed by atoms with Crippen LogP contribution in [-0.4, -0.2) is 43.3 Å². The Hall–Kier alpha value is -0.630. The van der Waals surface area contributed by atoms with Gasteiger partial charge < -0.3 is 18.1 Å². The van der Waals surface area contributed by atoms with Crippen molar-refractivity contribution < 1.29 is 32.0 Å². The summed E-state index contributed by atoms with van der Waals surface area (Å²) < 4.78 is 49.6. The summed E-state index contributed by atoms with van der Waals surface area (Å²) in [7, 11) is -8.53. The maximum atomic E-state index is 13.9. The van der Waals surface area contributed by atoms with E-state index in [1.165, 1.54) is 12.1 Å². The lowest BCUT2D eigenvalue weighted by Gasteiger charge is -2.36. The number of benzene rings is 1. The number of rotatable bonds is 12. The Bertz CT molecular complexity index is 858. The average molecular weight is 515 g/mol. The van der Waals surface area contributed by atoms with E-state index in [4.69, 9.17) is 41.3 Å². The van der Waals surface area contributed by atoms with E-state index in [9.17, 15) is 13.9 Å². The molecule has 0 saturated heterocycles. The maximum absolute atomic E-state index is 13.9. The zero-order valence-electron chi connectivity index (χ0n) is 17.7. The van der Waals surface area contributed by atoms with Crippen molar-refractivity contribution in [2.75, 3.05) is 26.4 Å². The number of carbonyl (C=O) groups excluding carboxylic acids is 1. The molecule has 9 nitrogen and oxygen atoms in total. The largest absolute Gasteiger partial charge is 0.372 e. The first kappa shape index (κ1) is 26.6. The normalized spacial score (nSPS) is 18.5. The summed E-state index contributed by atoms with van der Waals surface area (Å²) in [6, 6.07) is 3.42. The molecule has 1 aromatic carbocycles. The first-order valence-corrected chi connectivity index (χ1v) is 13.7. The van der Waals surface area contributed by atoms with Gasteiger partial charge in [-0.2, -0.15) is 10.2 Å². The first-order chi connectivity index (χ1) is 14.6. The molecule has 0 saturated carbocycles. The molecular formula is C18H26Cl2N2O7P2. The molecule has 1 unspecified atom stereocenters. The molecule has 1 aliphatic rings. The van der Waals surface area contributed by atoms with Gasteiger partial charge >= 0.3 is 15.2 Å². The van der Waals surface area contributed by atoms with E-state index in [1.807, 2.05) is 0 Å². The molecule has 0 N–H and O–H groups in total. The fourth-order valence-corrected chi connectivity index (χ4v) is 9.13. The van der Waals surface area contributed by atoms with E-state index in [1.54, 1.807) is 33.8 Å². The Morgan fingerprint density at radius 1 is 0.968 bits per heavy atom. The van der Waals surface area contributed by atoms with Crippen LogP contribution in [0, 0.1) is 0 Å². The van der Waals surface area contributed by atoms with Crippen molar-refractivity contribution in [3.63, 3.8) is 0 Å². The molecule has 0 aromatic heterocycles. The van der Waals surface area contributed by atoms with Gasteiger partial charge in [-0.3, -0.25) is 13.9 Å². The molecule has 0 spiro atoms. The standard InChI is InChI=1S/C18H26Cl2N2O7P2/c1-5-26-30(24,27-6-2)18(31(25,28-7-3)29-8-4)12-15(21-22-18)17(23)16-13(19)10-9-11-14(16)20/h9-11,15H,5-8,12H2,1-4H3. The Labute approximate surface area is 191 Å².